The minimum Gasteiger partial charge on any atom is -0.504 e. The number of rotatable bonds is 1. The highest BCUT2D eigenvalue weighted by atomic mass is 35.5. The van der Waals surface area contributed by atoms with Gasteiger partial charge in [0.05, 0.1) is 0 Å². The number of aliphatic hydroxyl groups is 1. The first-order valence-corrected chi connectivity index (χ1v) is 6.04. The van der Waals surface area contributed by atoms with E-state index in [1.165, 1.54) is 12.1 Å². The number of hydrogen-bond acceptors (Lipinski definition) is 4. The van der Waals surface area contributed by atoms with Crippen molar-refractivity contribution >= 4 is 12.4 Å². The van der Waals surface area contributed by atoms with Crippen molar-refractivity contribution in [3.05, 3.63) is 23.8 Å². The molecule has 2 fully saturated rings. The van der Waals surface area contributed by atoms with E-state index in [-0.39, 0.29) is 35.9 Å². The first-order valence-electron chi connectivity index (χ1n) is 6.04. The molecule has 18 heavy (non-hydrogen) atoms. The zero-order valence-corrected chi connectivity index (χ0v) is 10.7. The summed E-state index contributed by atoms with van der Waals surface area (Å²) in [5, 5.41) is 29.7. The van der Waals surface area contributed by atoms with Crippen molar-refractivity contribution in [3.8, 4) is 11.5 Å². The van der Waals surface area contributed by atoms with Crippen molar-refractivity contribution in [1.29, 1.82) is 0 Å². The summed E-state index contributed by atoms with van der Waals surface area (Å²) in [4.78, 5) is 0. The molecule has 0 spiro atoms. The second kappa shape index (κ2) is 4.30. The Morgan fingerprint density at radius 2 is 1.89 bits per heavy atom. The molecule has 2 aliphatic carbocycles. The molecule has 1 aromatic rings. The van der Waals surface area contributed by atoms with Crippen molar-refractivity contribution in [1.82, 2.24) is 0 Å². The van der Waals surface area contributed by atoms with Gasteiger partial charge < -0.3 is 21.1 Å². The van der Waals surface area contributed by atoms with Gasteiger partial charge in [0.2, 0.25) is 0 Å². The quantitative estimate of drug-likeness (QED) is 0.583. The number of fused-ring (bicyclic) bond motifs is 2. The van der Waals surface area contributed by atoms with Gasteiger partial charge in [-0.25, -0.2) is 0 Å². The predicted octanol–water partition coefficient (Wildman–Crippen LogP) is 1.46. The van der Waals surface area contributed by atoms with Crippen LogP contribution < -0.4 is 5.73 Å². The zero-order chi connectivity index (χ0) is 12.2. The highest BCUT2D eigenvalue weighted by Gasteiger charge is 2.56. The van der Waals surface area contributed by atoms with E-state index in [1.807, 2.05) is 0 Å². The fourth-order valence-corrected chi connectivity index (χ4v) is 3.57. The first-order chi connectivity index (χ1) is 8.03. The van der Waals surface area contributed by atoms with Crippen molar-refractivity contribution in [2.45, 2.75) is 30.9 Å². The number of aromatic hydroxyl groups is 2. The van der Waals surface area contributed by atoms with Gasteiger partial charge in [0.25, 0.3) is 0 Å². The molecule has 2 aliphatic rings. The molecule has 0 saturated heterocycles. The van der Waals surface area contributed by atoms with Gasteiger partial charge in [-0.2, -0.15) is 0 Å². The summed E-state index contributed by atoms with van der Waals surface area (Å²) < 4.78 is 0. The van der Waals surface area contributed by atoms with Crippen LogP contribution in [0.1, 0.15) is 24.8 Å². The second-order valence-electron chi connectivity index (χ2n) is 5.32. The van der Waals surface area contributed by atoms with Crippen molar-refractivity contribution in [2.24, 2.45) is 17.6 Å². The molecule has 0 amide bonds. The molecular formula is C13H18ClNO3. The molecule has 5 N–H and O–H groups in total. The third-order valence-electron chi connectivity index (χ3n) is 4.55. The van der Waals surface area contributed by atoms with Gasteiger partial charge >= 0.3 is 0 Å². The van der Waals surface area contributed by atoms with Crippen LogP contribution >= 0.6 is 12.4 Å². The number of nitrogens with two attached hydrogens (primary N) is 1. The molecular weight excluding hydrogens is 254 g/mol. The van der Waals surface area contributed by atoms with Crippen LogP contribution in [0.3, 0.4) is 0 Å². The highest BCUT2D eigenvalue weighted by Crippen LogP contribution is 2.55. The fourth-order valence-electron chi connectivity index (χ4n) is 3.57. The maximum atomic E-state index is 10.8. The summed E-state index contributed by atoms with van der Waals surface area (Å²) in [6.07, 6.45) is 3.02. The predicted molar refractivity (Wildman–Crippen MR) is 69.7 cm³/mol. The fraction of sp³-hybridized carbons (Fsp3) is 0.538. The third kappa shape index (κ3) is 1.60. The number of phenolic OH excluding ortho intramolecular Hbond substituents is 2. The Kier molecular flexibility index (Phi) is 3.21. The Bertz CT molecular complexity index is 464. The summed E-state index contributed by atoms with van der Waals surface area (Å²) >= 11 is 0. The molecule has 0 radical (unpaired) electrons. The lowest BCUT2D eigenvalue weighted by molar-refractivity contribution is -0.0347. The third-order valence-corrected chi connectivity index (χ3v) is 4.55. The Labute approximate surface area is 112 Å². The van der Waals surface area contributed by atoms with E-state index in [2.05, 4.69) is 0 Å². The van der Waals surface area contributed by atoms with Gasteiger partial charge in [0, 0.05) is 6.04 Å². The largest absolute Gasteiger partial charge is 0.504 e. The van der Waals surface area contributed by atoms with Crippen LogP contribution in [0.15, 0.2) is 18.2 Å². The molecule has 2 bridgehead atoms. The van der Waals surface area contributed by atoms with E-state index in [0.29, 0.717) is 11.5 Å². The summed E-state index contributed by atoms with van der Waals surface area (Å²) in [5.74, 6) is 0.173. The molecule has 5 heteroatoms. The van der Waals surface area contributed by atoms with E-state index in [0.717, 1.165) is 19.3 Å². The molecule has 3 rings (SSSR count). The van der Waals surface area contributed by atoms with Crippen LogP contribution in [0.4, 0.5) is 0 Å². The van der Waals surface area contributed by atoms with Gasteiger partial charge in [-0.15, -0.1) is 12.4 Å². The van der Waals surface area contributed by atoms with Gasteiger partial charge in [-0.05, 0) is 48.8 Å². The number of halogens is 1. The molecule has 4 atom stereocenters. The number of hydrogen-bond donors (Lipinski definition) is 4. The lowest BCUT2D eigenvalue weighted by Gasteiger charge is -2.38. The van der Waals surface area contributed by atoms with Crippen molar-refractivity contribution in [2.75, 3.05) is 0 Å². The van der Waals surface area contributed by atoms with Crippen LogP contribution in [0.5, 0.6) is 11.5 Å². The molecule has 4 nitrogen and oxygen atoms in total. The Morgan fingerprint density at radius 3 is 2.44 bits per heavy atom. The van der Waals surface area contributed by atoms with Gasteiger partial charge in [-0.3, -0.25) is 0 Å². The average Bonchev–Trinajstić information content (AvgIpc) is 2.87. The number of phenols is 2. The summed E-state index contributed by atoms with van der Waals surface area (Å²) in [6, 6.07) is 4.21. The standard InChI is InChI=1S/C13H17NO3.ClH/c14-12-7-1-2-8(5-7)13(12,17)9-3-4-10(15)11(16)6-9;/h3-4,6-8,12,15-17H,1-2,5,14H2;1H. The molecule has 1 aromatic carbocycles. The minimum atomic E-state index is -1.05. The van der Waals surface area contributed by atoms with Crippen LogP contribution in [-0.4, -0.2) is 21.4 Å². The minimum absolute atomic E-state index is 0. The van der Waals surface area contributed by atoms with E-state index in [4.69, 9.17) is 5.73 Å². The summed E-state index contributed by atoms with van der Waals surface area (Å²) in [5.41, 5.74) is 5.69. The summed E-state index contributed by atoms with van der Waals surface area (Å²) in [6.45, 7) is 0. The summed E-state index contributed by atoms with van der Waals surface area (Å²) in [7, 11) is 0. The van der Waals surface area contributed by atoms with Gasteiger partial charge in [0.1, 0.15) is 5.60 Å². The molecule has 100 valence electrons. The topological polar surface area (TPSA) is 86.7 Å². The maximum Gasteiger partial charge on any atom is 0.157 e. The van der Waals surface area contributed by atoms with Crippen LogP contribution in [0.25, 0.3) is 0 Å². The van der Waals surface area contributed by atoms with E-state index in [9.17, 15) is 15.3 Å². The lowest BCUT2D eigenvalue weighted by atomic mass is 9.76. The smallest absolute Gasteiger partial charge is 0.157 e. The SMILES string of the molecule is Cl.NC1C2CCC(C2)C1(O)c1ccc(O)c(O)c1. The van der Waals surface area contributed by atoms with Crippen molar-refractivity contribution in [3.63, 3.8) is 0 Å². The van der Waals surface area contributed by atoms with E-state index >= 15 is 0 Å². The monoisotopic (exact) mass is 271 g/mol. The van der Waals surface area contributed by atoms with Gasteiger partial charge in [0.15, 0.2) is 11.5 Å². The average molecular weight is 272 g/mol. The van der Waals surface area contributed by atoms with Crippen LogP contribution in [0.2, 0.25) is 0 Å². The Morgan fingerprint density at radius 1 is 1.17 bits per heavy atom. The van der Waals surface area contributed by atoms with E-state index in [1.54, 1.807) is 6.07 Å². The molecule has 2 saturated carbocycles. The number of benzene rings is 1. The van der Waals surface area contributed by atoms with Crippen LogP contribution in [0, 0.1) is 11.8 Å². The normalized spacial score (nSPS) is 37.6. The first kappa shape index (κ1) is 13.5. The Hall–Kier alpha value is -0.970. The zero-order valence-electron chi connectivity index (χ0n) is 9.91. The molecule has 4 unspecified atom stereocenters. The van der Waals surface area contributed by atoms with Crippen LogP contribution in [-0.2, 0) is 5.60 Å². The highest BCUT2D eigenvalue weighted by molar-refractivity contribution is 5.85. The van der Waals surface area contributed by atoms with E-state index < -0.39 is 5.60 Å². The molecule has 0 heterocycles. The van der Waals surface area contributed by atoms with Gasteiger partial charge in [-0.1, -0.05) is 6.07 Å². The molecule has 0 aromatic heterocycles. The maximum absolute atomic E-state index is 10.8. The lowest BCUT2D eigenvalue weighted by Crippen LogP contribution is -2.49. The Balaban J connectivity index is 0.00000120. The molecule has 0 aliphatic heterocycles. The second-order valence-corrected chi connectivity index (χ2v) is 5.32. The van der Waals surface area contributed by atoms with Crippen molar-refractivity contribution < 1.29 is 15.3 Å².